The van der Waals surface area contributed by atoms with Crippen LogP contribution in [0.25, 0.3) is 10.8 Å². The first-order valence-electron chi connectivity index (χ1n) is 10.6. The van der Waals surface area contributed by atoms with E-state index in [1.165, 1.54) is 19.2 Å². The van der Waals surface area contributed by atoms with Gasteiger partial charge in [-0.15, -0.1) is 0 Å². The van der Waals surface area contributed by atoms with Crippen molar-refractivity contribution < 1.29 is 13.2 Å². The van der Waals surface area contributed by atoms with Gasteiger partial charge >= 0.3 is 0 Å². The van der Waals surface area contributed by atoms with Gasteiger partial charge in [-0.05, 0) is 57.0 Å². The van der Waals surface area contributed by atoms with Crippen molar-refractivity contribution in [3.8, 4) is 0 Å². The minimum Gasteiger partial charge on any atom is -0.321 e. The Morgan fingerprint density at radius 2 is 1.59 bits per heavy atom. The molecule has 1 aliphatic heterocycles. The number of piperidine rings is 1. The maximum atomic E-state index is 13.2. The SMILES string of the molecule is C[C@@H]1CCC[C@H](C)N1S(=O)(=O)c1ccc(NC(=O)c2nn(C)c(=O)c3ccccc23)cc1. The van der Waals surface area contributed by atoms with Gasteiger partial charge in [0.15, 0.2) is 5.69 Å². The van der Waals surface area contributed by atoms with Crippen molar-refractivity contribution in [3.63, 3.8) is 0 Å². The minimum absolute atomic E-state index is 0.0489. The predicted molar refractivity (Wildman–Crippen MR) is 123 cm³/mol. The van der Waals surface area contributed by atoms with Crippen molar-refractivity contribution in [1.82, 2.24) is 14.1 Å². The number of sulfonamides is 1. The molecule has 168 valence electrons. The van der Waals surface area contributed by atoms with Crippen LogP contribution < -0.4 is 10.9 Å². The molecular weight excluding hydrogens is 428 g/mol. The second-order valence-corrected chi connectivity index (χ2v) is 10.1. The molecule has 3 aromatic rings. The summed E-state index contributed by atoms with van der Waals surface area (Å²) in [5.74, 6) is -0.481. The van der Waals surface area contributed by atoms with Crippen LogP contribution >= 0.6 is 0 Å². The fourth-order valence-electron chi connectivity index (χ4n) is 4.36. The van der Waals surface area contributed by atoms with Crippen LogP contribution in [-0.4, -0.2) is 40.5 Å². The van der Waals surface area contributed by atoms with Crippen molar-refractivity contribution in [2.45, 2.75) is 50.1 Å². The van der Waals surface area contributed by atoms with Crippen LogP contribution in [0, 0.1) is 0 Å². The van der Waals surface area contributed by atoms with E-state index in [2.05, 4.69) is 10.4 Å². The van der Waals surface area contributed by atoms with Crippen LogP contribution in [0.5, 0.6) is 0 Å². The molecule has 0 spiro atoms. The molecule has 1 aliphatic rings. The highest BCUT2D eigenvalue weighted by Gasteiger charge is 2.35. The van der Waals surface area contributed by atoms with Crippen LogP contribution in [0.15, 0.2) is 58.2 Å². The second kappa shape index (κ2) is 8.48. The van der Waals surface area contributed by atoms with E-state index >= 15 is 0 Å². The lowest BCUT2D eigenvalue weighted by atomic mass is 10.0. The summed E-state index contributed by atoms with van der Waals surface area (Å²) in [6.07, 6.45) is 2.71. The molecule has 0 unspecified atom stereocenters. The highest BCUT2D eigenvalue weighted by atomic mass is 32.2. The van der Waals surface area contributed by atoms with Gasteiger partial charge in [0.25, 0.3) is 11.5 Å². The summed E-state index contributed by atoms with van der Waals surface area (Å²) in [7, 11) is -2.13. The first-order valence-corrected chi connectivity index (χ1v) is 12.0. The molecule has 1 fully saturated rings. The van der Waals surface area contributed by atoms with E-state index in [0.29, 0.717) is 16.5 Å². The summed E-state index contributed by atoms with van der Waals surface area (Å²) >= 11 is 0. The van der Waals surface area contributed by atoms with E-state index in [0.717, 1.165) is 23.9 Å². The number of nitrogens with zero attached hydrogens (tertiary/aromatic N) is 3. The molecule has 9 heteroatoms. The lowest BCUT2D eigenvalue weighted by Gasteiger charge is -2.37. The standard InChI is InChI=1S/C23H26N4O4S/c1-15-7-6-8-16(2)27(15)32(30,31)18-13-11-17(12-14-18)24-22(28)21-19-9-4-5-10-20(19)23(29)26(3)25-21/h4-5,9-16H,6-8H2,1-3H3,(H,24,28)/t15-,16+. The fourth-order valence-corrected chi connectivity index (χ4v) is 6.24. The number of amides is 1. The first kappa shape index (κ1) is 22.2. The average Bonchev–Trinajstić information content (AvgIpc) is 2.76. The van der Waals surface area contributed by atoms with Crippen LogP contribution in [0.2, 0.25) is 0 Å². The lowest BCUT2D eigenvalue weighted by Crippen LogP contribution is -2.47. The quantitative estimate of drug-likeness (QED) is 0.653. The Labute approximate surface area is 186 Å². The monoisotopic (exact) mass is 454 g/mol. The van der Waals surface area contributed by atoms with Gasteiger partial charge in [-0.1, -0.05) is 24.6 Å². The number of hydrogen-bond donors (Lipinski definition) is 1. The maximum Gasteiger partial charge on any atom is 0.276 e. The molecule has 8 nitrogen and oxygen atoms in total. The number of fused-ring (bicyclic) bond motifs is 1. The first-order chi connectivity index (χ1) is 15.2. The highest BCUT2D eigenvalue weighted by Crippen LogP contribution is 2.30. The lowest BCUT2D eigenvalue weighted by molar-refractivity contribution is 0.102. The van der Waals surface area contributed by atoms with Gasteiger partial charge in [0, 0.05) is 30.2 Å². The molecule has 1 aromatic heterocycles. The summed E-state index contributed by atoms with van der Waals surface area (Å²) < 4.78 is 29.1. The van der Waals surface area contributed by atoms with E-state index in [9.17, 15) is 18.0 Å². The Balaban J connectivity index is 1.60. The van der Waals surface area contributed by atoms with Crippen LogP contribution in [-0.2, 0) is 17.1 Å². The van der Waals surface area contributed by atoms with Gasteiger partial charge in [0.1, 0.15) is 0 Å². The topological polar surface area (TPSA) is 101 Å². The van der Waals surface area contributed by atoms with E-state index in [4.69, 9.17) is 0 Å². The van der Waals surface area contributed by atoms with E-state index in [1.807, 2.05) is 13.8 Å². The molecule has 2 atom stereocenters. The number of aromatic nitrogens is 2. The van der Waals surface area contributed by atoms with Gasteiger partial charge in [0.05, 0.1) is 10.3 Å². The molecule has 0 bridgehead atoms. The number of benzene rings is 2. The Hall–Kier alpha value is -3.04. The number of aryl methyl sites for hydroxylation is 1. The van der Waals surface area contributed by atoms with Gasteiger partial charge in [-0.25, -0.2) is 13.1 Å². The molecule has 0 radical (unpaired) electrons. The zero-order valence-corrected chi connectivity index (χ0v) is 19.1. The number of carbonyl (C=O) groups excluding carboxylic acids is 1. The third-order valence-electron chi connectivity index (χ3n) is 5.97. The number of nitrogens with one attached hydrogen (secondary N) is 1. The maximum absolute atomic E-state index is 13.2. The molecule has 32 heavy (non-hydrogen) atoms. The van der Waals surface area contributed by atoms with Gasteiger partial charge in [-0.3, -0.25) is 9.59 Å². The van der Waals surface area contributed by atoms with Crippen LogP contribution in [0.3, 0.4) is 0 Å². The number of carbonyl (C=O) groups is 1. The molecule has 0 saturated carbocycles. The van der Waals surface area contributed by atoms with Crippen molar-refractivity contribution in [1.29, 1.82) is 0 Å². The Morgan fingerprint density at radius 3 is 2.22 bits per heavy atom. The molecule has 1 amide bonds. The van der Waals surface area contributed by atoms with E-state index < -0.39 is 15.9 Å². The third kappa shape index (κ3) is 3.93. The summed E-state index contributed by atoms with van der Waals surface area (Å²) in [4.78, 5) is 25.4. The van der Waals surface area contributed by atoms with Crippen LogP contribution in [0.4, 0.5) is 5.69 Å². The largest absolute Gasteiger partial charge is 0.321 e. The van der Waals surface area contributed by atoms with Gasteiger partial charge < -0.3 is 5.32 Å². The molecular formula is C23H26N4O4S. The Morgan fingerprint density at radius 1 is 1.00 bits per heavy atom. The number of rotatable bonds is 4. The van der Waals surface area contributed by atoms with Crippen LogP contribution in [0.1, 0.15) is 43.6 Å². The number of anilines is 1. The van der Waals surface area contributed by atoms with Crippen molar-refractivity contribution >= 4 is 32.4 Å². The fraction of sp³-hybridized carbons (Fsp3) is 0.348. The second-order valence-electron chi connectivity index (χ2n) is 8.27. The number of hydrogen-bond acceptors (Lipinski definition) is 5. The predicted octanol–water partition coefficient (Wildman–Crippen LogP) is 3.14. The zero-order chi connectivity index (χ0) is 23.0. The van der Waals surface area contributed by atoms with Crippen molar-refractivity contribution in [2.75, 3.05) is 5.32 Å². The molecule has 1 N–H and O–H groups in total. The summed E-state index contributed by atoms with van der Waals surface area (Å²) in [5.41, 5.74) is 0.275. The van der Waals surface area contributed by atoms with Gasteiger partial charge in [-0.2, -0.15) is 9.40 Å². The average molecular weight is 455 g/mol. The molecule has 2 aromatic carbocycles. The van der Waals surface area contributed by atoms with Crippen molar-refractivity contribution in [3.05, 3.63) is 64.6 Å². The molecule has 1 saturated heterocycles. The normalized spacial score (nSPS) is 19.7. The van der Waals surface area contributed by atoms with E-state index in [-0.39, 0.29) is 28.2 Å². The Bertz CT molecular complexity index is 1320. The third-order valence-corrected chi connectivity index (χ3v) is 8.11. The molecule has 4 rings (SSSR count). The molecule has 0 aliphatic carbocycles. The summed E-state index contributed by atoms with van der Waals surface area (Å²) in [5, 5.41) is 7.73. The Kier molecular flexibility index (Phi) is 5.87. The zero-order valence-electron chi connectivity index (χ0n) is 18.3. The van der Waals surface area contributed by atoms with E-state index in [1.54, 1.807) is 40.7 Å². The highest BCUT2D eigenvalue weighted by molar-refractivity contribution is 7.89. The van der Waals surface area contributed by atoms with Crippen molar-refractivity contribution in [2.24, 2.45) is 7.05 Å². The summed E-state index contributed by atoms with van der Waals surface area (Å²) in [6.45, 7) is 3.87. The molecule has 2 heterocycles. The summed E-state index contributed by atoms with van der Waals surface area (Å²) in [6, 6.07) is 12.8. The minimum atomic E-state index is -3.63. The van der Waals surface area contributed by atoms with Gasteiger partial charge in [0.2, 0.25) is 10.0 Å². The smallest absolute Gasteiger partial charge is 0.276 e.